The first-order valence-corrected chi connectivity index (χ1v) is 9.06. The van der Waals surface area contributed by atoms with Crippen molar-refractivity contribution in [2.24, 2.45) is 0 Å². The predicted octanol–water partition coefficient (Wildman–Crippen LogP) is 3.56. The number of aromatic nitrogens is 5. The van der Waals surface area contributed by atoms with Gasteiger partial charge in [0.2, 0.25) is 0 Å². The van der Waals surface area contributed by atoms with Crippen LogP contribution in [-0.4, -0.2) is 44.1 Å². The Kier molecular flexibility index (Phi) is 5.36. The molecular formula is C17H14F3N5O2S. The van der Waals surface area contributed by atoms with E-state index in [9.17, 15) is 18.0 Å². The van der Waals surface area contributed by atoms with Crippen LogP contribution in [0, 0.1) is 6.92 Å². The molecule has 0 saturated carbocycles. The largest absolute Gasteiger partial charge is 0.465 e. The summed E-state index contributed by atoms with van der Waals surface area (Å²) >= 11 is 1.27. The Hall–Kier alpha value is -2.95. The van der Waals surface area contributed by atoms with Crippen LogP contribution in [0.25, 0.3) is 16.9 Å². The van der Waals surface area contributed by atoms with E-state index in [-0.39, 0.29) is 11.4 Å². The molecule has 0 aliphatic rings. The van der Waals surface area contributed by atoms with Gasteiger partial charge in [0.25, 0.3) is 0 Å². The zero-order valence-corrected chi connectivity index (χ0v) is 15.8. The number of hydrogen-bond donors (Lipinski definition) is 0. The van der Waals surface area contributed by atoms with Crippen LogP contribution in [0.4, 0.5) is 13.2 Å². The Balaban J connectivity index is 2.16. The van der Waals surface area contributed by atoms with Crippen molar-refractivity contribution in [3.63, 3.8) is 0 Å². The number of aryl methyl sites for hydroxylation is 1. The summed E-state index contributed by atoms with van der Waals surface area (Å²) in [7, 11) is 1.25. The van der Waals surface area contributed by atoms with Crippen LogP contribution in [0.15, 0.2) is 35.7 Å². The second-order valence-electron chi connectivity index (χ2n) is 5.57. The number of hydrogen-bond acceptors (Lipinski definition) is 7. The number of rotatable bonds is 4. The molecule has 3 aromatic rings. The standard InChI is InChI=1S/C17H14F3N5O2S/c1-9-21-8-12(10-6-11(16(26)27-2)15(28-3)22-7-10)14(23-9)25-5-4-13(24-25)17(18,19)20/h4-8H,1-3H3. The second kappa shape index (κ2) is 7.58. The van der Waals surface area contributed by atoms with Crippen LogP contribution in [0.1, 0.15) is 21.9 Å². The second-order valence-corrected chi connectivity index (χ2v) is 6.37. The maximum absolute atomic E-state index is 12.9. The molecule has 0 aliphatic heterocycles. The Morgan fingerprint density at radius 3 is 2.61 bits per heavy atom. The summed E-state index contributed by atoms with van der Waals surface area (Å²) in [6, 6.07) is 2.40. The SMILES string of the molecule is COC(=O)c1cc(-c2cnc(C)nc2-n2ccc(C(F)(F)F)n2)cnc1SC. The summed E-state index contributed by atoms with van der Waals surface area (Å²) in [5.41, 5.74) is 0.00119. The van der Waals surface area contributed by atoms with Gasteiger partial charge in [-0.05, 0) is 25.3 Å². The van der Waals surface area contributed by atoms with Crippen LogP contribution in [-0.2, 0) is 10.9 Å². The molecule has 0 radical (unpaired) electrons. The van der Waals surface area contributed by atoms with Gasteiger partial charge in [-0.1, -0.05) is 0 Å². The van der Waals surface area contributed by atoms with Crippen molar-refractivity contribution in [3.8, 4) is 16.9 Å². The first-order chi connectivity index (χ1) is 13.2. The number of nitrogens with zero attached hydrogens (tertiary/aromatic N) is 5. The zero-order chi connectivity index (χ0) is 20.5. The van der Waals surface area contributed by atoms with Crippen LogP contribution >= 0.6 is 11.8 Å². The third-order valence-electron chi connectivity index (χ3n) is 3.75. The topological polar surface area (TPSA) is 82.8 Å². The van der Waals surface area contributed by atoms with Gasteiger partial charge >= 0.3 is 12.1 Å². The van der Waals surface area contributed by atoms with E-state index in [4.69, 9.17) is 4.74 Å². The van der Waals surface area contributed by atoms with E-state index in [1.807, 2.05) is 0 Å². The third-order valence-corrected chi connectivity index (χ3v) is 4.46. The van der Waals surface area contributed by atoms with Crippen molar-refractivity contribution in [2.45, 2.75) is 18.1 Å². The smallest absolute Gasteiger partial charge is 0.435 e. The first kappa shape index (κ1) is 19.8. The van der Waals surface area contributed by atoms with Gasteiger partial charge in [-0.15, -0.1) is 11.8 Å². The highest BCUT2D eigenvalue weighted by molar-refractivity contribution is 7.98. The fourth-order valence-corrected chi connectivity index (χ4v) is 2.97. The molecule has 0 saturated heterocycles. The average Bonchev–Trinajstić information content (AvgIpc) is 3.17. The van der Waals surface area contributed by atoms with Crippen LogP contribution in [0.3, 0.4) is 0 Å². The van der Waals surface area contributed by atoms with E-state index in [1.165, 1.54) is 43.5 Å². The van der Waals surface area contributed by atoms with E-state index in [2.05, 4.69) is 20.1 Å². The van der Waals surface area contributed by atoms with E-state index in [1.54, 1.807) is 13.2 Å². The number of thioether (sulfide) groups is 1. The van der Waals surface area contributed by atoms with Crippen molar-refractivity contribution in [3.05, 3.63) is 47.8 Å². The van der Waals surface area contributed by atoms with Gasteiger partial charge in [0.15, 0.2) is 11.5 Å². The molecule has 3 rings (SSSR count). The molecule has 0 spiro atoms. The summed E-state index contributed by atoms with van der Waals surface area (Å²) in [5, 5.41) is 4.03. The minimum absolute atomic E-state index is 0.137. The van der Waals surface area contributed by atoms with Gasteiger partial charge in [-0.3, -0.25) is 0 Å². The highest BCUT2D eigenvalue weighted by Gasteiger charge is 2.34. The van der Waals surface area contributed by atoms with E-state index >= 15 is 0 Å². The molecule has 11 heteroatoms. The molecule has 28 heavy (non-hydrogen) atoms. The van der Waals surface area contributed by atoms with Crippen molar-refractivity contribution in [2.75, 3.05) is 13.4 Å². The Morgan fingerprint density at radius 2 is 2.00 bits per heavy atom. The number of methoxy groups -OCH3 is 1. The molecule has 0 bridgehead atoms. The van der Waals surface area contributed by atoms with Crippen LogP contribution < -0.4 is 0 Å². The molecule has 0 fully saturated rings. The number of halogens is 3. The Labute approximate surface area is 162 Å². The highest BCUT2D eigenvalue weighted by atomic mass is 32.2. The number of alkyl halides is 3. The lowest BCUT2D eigenvalue weighted by Crippen LogP contribution is -2.10. The minimum atomic E-state index is -4.58. The molecule has 0 N–H and O–H groups in total. The molecular weight excluding hydrogens is 395 g/mol. The van der Waals surface area contributed by atoms with E-state index in [0.717, 1.165) is 10.7 Å². The number of carbonyl (C=O) groups is 1. The highest BCUT2D eigenvalue weighted by Crippen LogP contribution is 2.31. The lowest BCUT2D eigenvalue weighted by molar-refractivity contribution is -0.141. The van der Waals surface area contributed by atoms with Gasteiger partial charge in [-0.2, -0.15) is 18.3 Å². The molecule has 0 unspecified atom stereocenters. The van der Waals surface area contributed by atoms with Gasteiger partial charge in [0, 0.05) is 29.7 Å². The lowest BCUT2D eigenvalue weighted by atomic mass is 10.1. The number of esters is 1. The number of pyridine rings is 1. The van der Waals surface area contributed by atoms with Crippen molar-refractivity contribution in [1.29, 1.82) is 0 Å². The summed E-state index contributed by atoms with van der Waals surface area (Å²) in [6.07, 6.45) is 1.29. The summed E-state index contributed by atoms with van der Waals surface area (Å²) in [5.74, 6) is -0.0889. The normalized spacial score (nSPS) is 11.5. The van der Waals surface area contributed by atoms with E-state index in [0.29, 0.717) is 22.0 Å². The van der Waals surface area contributed by atoms with Gasteiger partial charge in [0.1, 0.15) is 10.9 Å². The molecule has 0 aromatic carbocycles. The average molecular weight is 409 g/mol. The Bertz CT molecular complexity index is 1040. The zero-order valence-electron chi connectivity index (χ0n) is 15.0. The molecule has 0 amide bonds. The van der Waals surface area contributed by atoms with Crippen LogP contribution in [0.2, 0.25) is 0 Å². The van der Waals surface area contributed by atoms with Crippen LogP contribution in [0.5, 0.6) is 0 Å². The Morgan fingerprint density at radius 1 is 1.25 bits per heavy atom. The summed E-state index contributed by atoms with van der Waals surface area (Å²) in [6.45, 7) is 1.61. The van der Waals surface area contributed by atoms with Crippen molar-refractivity contribution in [1.82, 2.24) is 24.7 Å². The molecule has 146 valence electrons. The quantitative estimate of drug-likeness (QED) is 0.481. The third kappa shape index (κ3) is 3.84. The van der Waals surface area contributed by atoms with Gasteiger partial charge in [-0.25, -0.2) is 24.4 Å². The summed E-state index contributed by atoms with van der Waals surface area (Å²) in [4.78, 5) is 24.6. The number of ether oxygens (including phenoxy) is 1. The van der Waals surface area contributed by atoms with Gasteiger partial charge in [0.05, 0.1) is 12.7 Å². The monoisotopic (exact) mass is 409 g/mol. The van der Waals surface area contributed by atoms with Gasteiger partial charge < -0.3 is 4.74 Å². The molecule has 0 atom stereocenters. The maximum Gasteiger partial charge on any atom is 0.435 e. The number of carbonyl (C=O) groups excluding carboxylic acids is 1. The molecule has 0 aliphatic carbocycles. The first-order valence-electron chi connectivity index (χ1n) is 7.84. The fourth-order valence-electron chi connectivity index (χ4n) is 2.45. The molecule has 7 nitrogen and oxygen atoms in total. The minimum Gasteiger partial charge on any atom is -0.465 e. The molecule has 3 aromatic heterocycles. The maximum atomic E-state index is 12.9. The van der Waals surface area contributed by atoms with Crippen molar-refractivity contribution < 1.29 is 22.7 Å². The predicted molar refractivity (Wildman–Crippen MR) is 95.2 cm³/mol. The molecule has 3 heterocycles. The van der Waals surface area contributed by atoms with E-state index < -0.39 is 17.8 Å². The van der Waals surface area contributed by atoms with Crippen molar-refractivity contribution >= 4 is 17.7 Å². The summed E-state index contributed by atoms with van der Waals surface area (Å²) < 4.78 is 44.5. The lowest BCUT2D eigenvalue weighted by Gasteiger charge is -2.11. The fraction of sp³-hybridized carbons (Fsp3) is 0.235.